The van der Waals surface area contributed by atoms with Crippen molar-refractivity contribution < 1.29 is 19.1 Å². The molecule has 3 aromatic rings. The SMILES string of the molecule is CCOc1cc(C(=O)NNC(=O)c2cc3c(s2)CCC3)ccc1OCc1cccnc1. The normalized spacial score (nSPS) is 12.2. The molecule has 0 spiro atoms. The third-order valence-corrected chi connectivity index (χ3v) is 6.12. The highest BCUT2D eigenvalue weighted by molar-refractivity contribution is 7.14. The van der Waals surface area contributed by atoms with Crippen molar-refractivity contribution in [2.45, 2.75) is 32.8 Å². The number of ether oxygens (including phenoxy) is 2. The van der Waals surface area contributed by atoms with Gasteiger partial charge < -0.3 is 9.47 Å². The number of fused-ring (bicyclic) bond motifs is 1. The average Bonchev–Trinajstić information content (AvgIpc) is 3.40. The predicted molar refractivity (Wildman–Crippen MR) is 117 cm³/mol. The summed E-state index contributed by atoms with van der Waals surface area (Å²) < 4.78 is 11.5. The first-order valence-corrected chi connectivity index (χ1v) is 11.0. The molecule has 1 aliphatic carbocycles. The van der Waals surface area contributed by atoms with Gasteiger partial charge in [-0.25, -0.2) is 0 Å². The minimum absolute atomic E-state index is 0.311. The van der Waals surface area contributed by atoms with Gasteiger partial charge in [0.05, 0.1) is 11.5 Å². The van der Waals surface area contributed by atoms with Gasteiger partial charge in [0.25, 0.3) is 11.8 Å². The molecule has 2 N–H and O–H groups in total. The molecule has 7 nitrogen and oxygen atoms in total. The van der Waals surface area contributed by atoms with Crippen LogP contribution in [-0.2, 0) is 19.4 Å². The van der Waals surface area contributed by atoms with E-state index in [-0.39, 0.29) is 5.91 Å². The fourth-order valence-corrected chi connectivity index (χ4v) is 4.52. The van der Waals surface area contributed by atoms with E-state index < -0.39 is 5.91 Å². The molecule has 160 valence electrons. The monoisotopic (exact) mass is 437 g/mol. The van der Waals surface area contributed by atoms with Crippen LogP contribution >= 0.6 is 11.3 Å². The lowest BCUT2D eigenvalue weighted by atomic mass is 10.2. The number of amides is 2. The molecule has 0 unspecified atom stereocenters. The van der Waals surface area contributed by atoms with Gasteiger partial charge in [-0.05, 0) is 62.1 Å². The Morgan fingerprint density at radius 1 is 1.06 bits per heavy atom. The van der Waals surface area contributed by atoms with E-state index in [1.165, 1.54) is 21.8 Å². The Morgan fingerprint density at radius 2 is 1.94 bits per heavy atom. The summed E-state index contributed by atoms with van der Waals surface area (Å²) in [4.78, 5) is 30.8. The van der Waals surface area contributed by atoms with Crippen LogP contribution in [0.3, 0.4) is 0 Å². The van der Waals surface area contributed by atoms with E-state index in [0.717, 1.165) is 24.8 Å². The Morgan fingerprint density at radius 3 is 2.71 bits per heavy atom. The van der Waals surface area contributed by atoms with E-state index in [0.29, 0.717) is 35.2 Å². The van der Waals surface area contributed by atoms with Crippen LogP contribution in [0.15, 0.2) is 48.8 Å². The number of benzene rings is 1. The molecular formula is C23H23N3O4S. The van der Waals surface area contributed by atoms with Crippen LogP contribution < -0.4 is 20.3 Å². The molecule has 2 amide bonds. The highest BCUT2D eigenvalue weighted by atomic mass is 32.1. The Kier molecular flexibility index (Phi) is 6.47. The van der Waals surface area contributed by atoms with Gasteiger partial charge in [-0.2, -0.15) is 0 Å². The highest BCUT2D eigenvalue weighted by Gasteiger charge is 2.19. The van der Waals surface area contributed by atoms with E-state index in [4.69, 9.17) is 9.47 Å². The summed E-state index contributed by atoms with van der Waals surface area (Å²) in [6.45, 7) is 2.62. The van der Waals surface area contributed by atoms with Crippen molar-refractivity contribution in [1.82, 2.24) is 15.8 Å². The van der Waals surface area contributed by atoms with Gasteiger partial charge in [0.15, 0.2) is 11.5 Å². The average molecular weight is 438 g/mol. The van der Waals surface area contributed by atoms with Crippen molar-refractivity contribution in [3.8, 4) is 11.5 Å². The fraction of sp³-hybridized carbons (Fsp3) is 0.261. The Labute approximate surface area is 184 Å². The standard InChI is InChI=1S/C23H23N3O4S/c1-2-29-19-11-17(8-9-18(19)30-14-15-5-4-10-24-13-15)22(27)25-26-23(28)21-12-16-6-3-7-20(16)31-21/h4-5,8-13H,2-3,6-7,14H2,1H3,(H,25,27)(H,26,28). The number of aromatic nitrogens is 1. The highest BCUT2D eigenvalue weighted by Crippen LogP contribution is 2.31. The second-order valence-corrected chi connectivity index (χ2v) is 8.20. The smallest absolute Gasteiger partial charge is 0.279 e. The molecule has 0 atom stereocenters. The van der Waals surface area contributed by atoms with Crippen LogP contribution in [0.4, 0.5) is 0 Å². The van der Waals surface area contributed by atoms with E-state index in [9.17, 15) is 9.59 Å². The maximum Gasteiger partial charge on any atom is 0.279 e. The molecule has 1 aliphatic rings. The van der Waals surface area contributed by atoms with Gasteiger partial charge in [0.1, 0.15) is 6.61 Å². The molecule has 0 saturated heterocycles. The number of carbonyl (C=O) groups excluding carboxylic acids is 2. The summed E-state index contributed by atoms with van der Waals surface area (Å²) in [6.07, 6.45) is 6.61. The predicted octanol–water partition coefficient (Wildman–Crippen LogP) is 3.68. The topological polar surface area (TPSA) is 89.6 Å². The van der Waals surface area contributed by atoms with Gasteiger partial charge in [0.2, 0.25) is 0 Å². The first-order chi connectivity index (χ1) is 15.1. The Hall–Kier alpha value is -3.39. The zero-order chi connectivity index (χ0) is 21.6. The van der Waals surface area contributed by atoms with E-state index in [1.807, 2.05) is 25.1 Å². The van der Waals surface area contributed by atoms with Crippen molar-refractivity contribution in [1.29, 1.82) is 0 Å². The lowest BCUT2D eigenvalue weighted by Gasteiger charge is -2.13. The lowest BCUT2D eigenvalue weighted by molar-refractivity contribution is 0.0848. The number of rotatable bonds is 7. The van der Waals surface area contributed by atoms with Crippen molar-refractivity contribution >= 4 is 23.2 Å². The molecule has 1 aromatic carbocycles. The van der Waals surface area contributed by atoms with Crippen molar-refractivity contribution in [3.63, 3.8) is 0 Å². The molecule has 0 fully saturated rings. The summed E-state index contributed by atoms with van der Waals surface area (Å²) in [5.74, 6) is 0.242. The molecule has 4 rings (SSSR count). The number of nitrogens with zero attached hydrogens (tertiary/aromatic N) is 1. The summed E-state index contributed by atoms with van der Waals surface area (Å²) in [5.41, 5.74) is 7.48. The van der Waals surface area contributed by atoms with E-state index in [1.54, 1.807) is 30.6 Å². The molecule has 0 saturated carbocycles. The quantitative estimate of drug-likeness (QED) is 0.551. The first-order valence-electron chi connectivity index (χ1n) is 10.1. The molecule has 31 heavy (non-hydrogen) atoms. The lowest BCUT2D eigenvalue weighted by Crippen LogP contribution is -2.41. The zero-order valence-electron chi connectivity index (χ0n) is 17.1. The van der Waals surface area contributed by atoms with E-state index >= 15 is 0 Å². The van der Waals surface area contributed by atoms with Crippen LogP contribution in [-0.4, -0.2) is 23.4 Å². The molecular weight excluding hydrogens is 414 g/mol. The number of pyridine rings is 1. The maximum atomic E-state index is 12.5. The zero-order valence-corrected chi connectivity index (χ0v) is 18.0. The van der Waals surface area contributed by atoms with Crippen LogP contribution in [0.25, 0.3) is 0 Å². The van der Waals surface area contributed by atoms with Gasteiger partial charge in [-0.3, -0.25) is 25.4 Å². The van der Waals surface area contributed by atoms with Gasteiger partial charge in [-0.15, -0.1) is 11.3 Å². The number of hydrogen-bond acceptors (Lipinski definition) is 6. The van der Waals surface area contributed by atoms with Crippen molar-refractivity contribution in [2.24, 2.45) is 0 Å². The van der Waals surface area contributed by atoms with Crippen LogP contribution in [0, 0.1) is 0 Å². The van der Waals surface area contributed by atoms with Gasteiger partial charge in [0, 0.05) is 28.4 Å². The van der Waals surface area contributed by atoms with Crippen LogP contribution in [0.2, 0.25) is 0 Å². The fourth-order valence-electron chi connectivity index (χ4n) is 3.37. The summed E-state index contributed by atoms with van der Waals surface area (Å²) in [6, 6.07) is 10.6. The molecule has 2 aromatic heterocycles. The van der Waals surface area contributed by atoms with Crippen LogP contribution in [0.1, 0.15) is 49.4 Å². The molecule has 0 radical (unpaired) electrons. The number of hydrazine groups is 1. The second-order valence-electron chi connectivity index (χ2n) is 7.07. The third kappa shape index (κ3) is 5.03. The Bertz CT molecular complexity index is 1060. The number of thiophene rings is 1. The number of carbonyl (C=O) groups is 2. The minimum Gasteiger partial charge on any atom is -0.490 e. The van der Waals surface area contributed by atoms with Crippen molar-refractivity contribution in [3.05, 3.63) is 75.2 Å². The summed E-state index contributed by atoms with van der Waals surface area (Å²) in [7, 11) is 0. The number of aryl methyl sites for hydroxylation is 2. The number of nitrogens with one attached hydrogen (secondary N) is 2. The Balaban J connectivity index is 1.38. The third-order valence-electron chi connectivity index (χ3n) is 4.88. The largest absolute Gasteiger partial charge is 0.490 e. The van der Waals surface area contributed by atoms with Crippen LogP contribution in [0.5, 0.6) is 11.5 Å². The summed E-state index contributed by atoms with van der Waals surface area (Å²) >= 11 is 1.49. The van der Waals surface area contributed by atoms with Crippen molar-refractivity contribution in [2.75, 3.05) is 6.61 Å². The molecule has 2 heterocycles. The second kappa shape index (κ2) is 9.61. The van der Waals surface area contributed by atoms with Gasteiger partial charge >= 0.3 is 0 Å². The minimum atomic E-state index is -0.433. The first kappa shape index (κ1) is 20.9. The molecule has 0 aliphatic heterocycles. The molecule has 0 bridgehead atoms. The summed E-state index contributed by atoms with van der Waals surface area (Å²) in [5, 5.41) is 0. The number of hydrogen-bond donors (Lipinski definition) is 2. The van der Waals surface area contributed by atoms with Gasteiger partial charge in [-0.1, -0.05) is 6.07 Å². The maximum absolute atomic E-state index is 12.5. The van der Waals surface area contributed by atoms with E-state index in [2.05, 4.69) is 15.8 Å². The molecule has 8 heteroatoms.